The quantitative estimate of drug-likeness (QED) is 0.705. The smallest absolute Gasteiger partial charge is 0.224 e. The van der Waals surface area contributed by atoms with Crippen molar-refractivity contribution in [2.24, 2.45) is 5.92 Å². The van der Waals surface area contributed by atoms with Gasteiger partial charge in [0.25, 0.3) is 0 Å². The number of nitrogens with two attached hydrogens (primary N) is 1. The number of anilines is 2. The molecule has 0 aliphatic carbocycles. The van der Waals surface area contributed by atoms with E-state index in [4.69, 9.17) is 5.73 Å². The first-order chi connectivity index (χ1) is 9.69. The molecular weight excluding hydrogens is 258 g/mol. The van der Waals surface area contributed by atoms with Gasteiger partial charge in [-0.25, -0.2) is 4.98 Å². The molecule has 3 heterocycles. The standard InChI is InChI=1S/C12H17N7O/c1-14-11(20)7-3-2-4-19(5-7)10-8-9(16-6-15-8)17-12(13)18-10/h6-7H,2-5H2,1H3,(H,14,20)(H3,13,15,16,17,18). The van der Waals surface area contributed by atoms with Gasteiger partial charge in [-0.05, 0) is 12.8 Å². The summed E-state index contributed by atoms with van der Waals surface area (Å²) in [6.45, 7) is 1.47. The Morgan fingerprint density at radius 2 is 2.40 bits per heavy atom. The minimum Gasteiger partial charge on any atom is -0.368 e. The zero-order chi connectivity index (χ0) is 14.1. The molecule has 2 aromatic heterocycles. The third kappa shape index (κ3) is 2.13. The number of hydrogen-bond donors (Lipinski definition) is 3. The summed E-state index contributed by atoms with van der Waals surface area (Å²) in [4.78, 5) is 29.4. The fraction of sp³-hybridized carbons (Fsp3) is 0.500. The van der Waals surface area contributed by atoms with Crippen molar-refractivity contribution < 1.29 is 4.79 Å². The third-order valence-corrected chi connectivity index (χ3v) is 3.62. The van der Waals surface area contributed by atoms with Crippen LogP contribution in [-0.4, -0.2) is 46.0 Å². The first-order valence-corrected chi connectivity index (χ1v) is 6.62. The van der Waals surface area contributed by atoms with Crippen LogP contribution >= 0.6 is 0 Å². The number of carbonyl (C=O) groups excluding carboxylic acids is 1. The molecular formula is C12H17N7O. The lowest BCUT2D eigenvalue weighted by molar-refractivity contribution is -0.124. The maximum Gasteiger partial charge on any atom is 0.224 e. The molecule has 106 valence electrons. The third-order valence-electron chi connectivity index (χ3n) is 3.62. The lowest BCUT2D eigenvalue weighted by Crippen LogP contribution is -2.42. The van der Waals surface area contributed by atoms with Gasteiger partial charge in [-0.3, -0.25) is 4.79 Å². The average molecular weight is 275 g/mol. The number of nitrogens with one attached hydrogen (secondary N) is 2. The Kier molecular flexibility index (Phi) is 3.13. The SMILES string of the molecule is CNC(=O)C1CCCN(c2nc(N)nc3nc[nH]c23)C1. The Labute approximate surface area is 115 Å². The molecule has 8 heteroatoms. The lowest BCUT2D eigenvalue weighted by Gasteiger charge is -2.32. The molecule has 0 bridgehead atoms. The highest BCUT2D eigenvalue weighted by Gasteiger charge is 2.27. The van der Waals surface area contributed by atoms with Gasteiger partial charge in [0.05, 0.1) is 12.2 Å². The molecule has 3 rings (SSSR count). The zero-order valence-corrected chi connectivity index (χ0v) is 11.3. The number of nitrogen functional groups attached to an aromatic ring is 1. The van der Waals surface area contributed by atoms with Crippen LogP contribution < -0.4 is 16.0 Å². The number of imidazole rings is 1. The van der Waals surface area contributed by atoms with Crippen molar-refractivity contribution in [1.29, 1.82) is 0 Å². The van der Waals surface area contributed by atoms with Crippen LogP contribution in [0.25, 0.3) is 11.2 Å². The van der Waals surface area contributed by atoms with Crippen LogP contribution in [0.1, 0.15) is 12.8 Å². The number of piperidine rings is 1. The molecule has 0 spiro atoms. The zero-order valence-electron chi connectivity index (χ0n) is 11.3. The maximum absolute atomic E-state index is 11.8. The minimum atomic E-state index is -0.0251. The maximum atomic E-state index is 11.8. The molecule has 8 nitrogen and oxygen atoms in total. The molecule has 1 aliphatic rings. The van der Waals surface area contributed by atoms with Gasteiger partial charge in [-0.1, -0.05) is 0 Å². The molecule has 0 radical (unpaired) electrons. The number of amides is 1. The summed E-state index contributed by atoms with van der Waals surface area (Å²) in [5.41, 5.74) is 7.04. The molecule has 2 aromatic rings. The van der Waals surface area contributed by atoms with Crippen molar-refractivity contribution in [2.75, 3.05) is 30.8 Å². The van der Waals surface area contributed by atoms with E-state index >= 15 is 0 Å². The van der Waals surface area contributed by atoms with E-state index in [0.29, 0.717) is 12.2 Å². The Morgan fingerprint density at radius 3 is 3.20 bits per heavy atom. The average Bonchev–Trinajstić information content (AvgIpc) is 2.93. The molecule has 1 unspecified atom stereocenters. The summed E-state index contributed by atoms with van der Waals surface area (Å²) in [6.07, 6.45) is 3.41. The molecule has 1 fully saturated rings. The Morgan fingerprint density at radius 1 is 1.55 bits per heavy atom. The van der Waals surface area contributed by atoms with Gasteiger partial charge in [-0.15, -0.1) is 0 Å². The van der Waals surface area contributed by atoms with E-state index < -0.39 is 0 Å². The normalized spacial score (nSPS) is 19.2. The van der Waals surface area contributed by atoms with Gasteiger partial charge in [0.1, 0.15) is 5.52 Å². The van der Waals surface area contributed by atoms with E-state index in [0.717, 1.165) is 30.7 Å². The highest BCUT2D eigenvalue weighted by Crippen LogP contribution is 2.26. The van der Waals surface area contributed by atoms with Gasteiger partial charge in [0, 0.05) is 20.1 Å². The van der Waals surface area contributed by atoms with Gasteiger partial charge in [0.2, 0.25) is 11.9 Å². The molecule has 1 aliphatic heterocycles. The molecule has 1 atom stereocenters. The minimum absolute atomic E-state index is 0.0251. The molecule has 20 heavy (non-hydrogen) atoms. The predicted molar refractivity (Wildman–Crippen MR) is 75.1 cm³/mol. The first kappa shape index (κ1) is 12.6. The first-order valence-electron chi connectivity index (χ1n) is 6.62. The molecule has 1 amide bonds. The number of hydrogen-bond acceptors (Lipinski definition) is 6. The molecule has 1 saturated heterocycles. The second-order valence-corrected chi connectivity index (χ2v) is 4.91. The number of rotatable bonds is 2. The number of aromatic amines is 1. The number of nitrogens with zero attached hydrogens (tertiary/aromatic N) is 4. The van der Waals surface area contributed by atoms with E-state index in [9.17, 15) is 4.79 Å². The summed E-state index contributed by atoms with van der Waals surface area (Å²) >= 11 is 0. The number of fused-ring (bicyclic) bond motifs is 1. The Balaban J connectivity index is 1.94. The topological polar surface area (TPSA) is 113 Å². The van der Waals surface area contributed by atoms with Crippen LogP contribution in [0.4, 0.5) is 11.8 Å². The highest BCUT2D eigenvalue weighted by atomic mass is 16.1. The Hall–Kier alpha value is -2.38. The van der Waals surface area contributed by atoms with E-state index in [-0.39, 0.29) is 17.8 Å². The second kappa shape index (κ2) is 4.95. The fourth-order valence-corrected chi connectivity index (χ4v) is 2.65. The van der Waals surface area contributed by atoms with Crippen molar-refractivity contribution in [2.45, 2.75) is 12.8 Å². The summed E-state index contributed by atoms with van der Waals surface area (Å²) < 4.78 is 0. The molecule has 4 N–H and O–H groups in total. The van der Waals surface area contributed by atoms with E-state index in [1.807, 2.05) is 0 Å². The van der Waals surface area contributed by atoms with Gasteiger partial charge >= 0.3 is 0 Å². The monoisotopic (exact) mass is 275 g/mol. The number of carbonyl (C=O) groups is 1. The molecule has 0 aromatic carbocycles. The second-order valence-electron chi connectivity index (χ2n) is 4.91. The summed E-state index contributed by atoms with van der Waals surface area (Å²) in [6, 6.07) is 0. The summed E-state index contributed by atoms with van der Waals surface area (Å²) in [5, 5.41) is 2.71. The van der Waals surface area contributed by atoms with Crippen LogP contribution in [0.5, 0.6) is 0 Å². The van der Waals surface area contributed by atoms with Crippen LogP contribution in [-0.2, 0) is 4.79 Å². The molecule has 0 saturated carbocycles. The summed E-state index contributed by atoms with van der Waals surface area (Å²) in [5.74, 6) is 0.959. The number of aromatic nitrogens is 4. The van der Waals surface area contributed by atoms with Gasteiger partial charge < -0.3 is 20.9 Å². The van der Waals surface area contributed by atoms with Crippen molar-refractivity contribution in [3.63, 3.8) is 0 Å². The lowest BCUT2D eigenvalue weighted by atomic mass is 9.97. The Bertz CT molecular complexity index is 638. The largest absolute Gasteiger partial charge is 0.368 e. The van der Waals surface area contributed by atoms with Gasteiger partial charge in [-0.2, -0.15) is 9.97 Å². The van der Waals surface area contributed by atoms with Crippen molar-refractivity contribution in [3.8, 4) is 0 Å². The van der Waals surface area contributed by atoms with Crippen LogP contribution in [0.15, 0.2) is 6.33 Å². The predicted octanol–water partition coefficient (Wildman–Crippen LogP) is -0.102. The van der Waals surface area contributed by atoms with Gasteiger partial charge in [0.15, 0.2) is 11.5 Å². The van der Waals surface area contributed by atoms with E-state index in [1.54, 1.807) is 13.4 Å². The van der Waals surface area contributed by atoms with E-state index in [1.165, 1.54) is 0 Å². The highest BCUT2D eigenvalue weighted by molar-refractivity contribution is 5.85. The van der Waals surface area contributed by atoms with Crippen molar-refractivity contribution in [3.05, 3.63) is 6.33 Å². The van der Waals surface area contributed by atoms with Crippen LogP contribution in [0.3, 0.4) is 0 Å². The van der Waals surface area contributed by atoms with E-state index in [2.05, 4.69) is 30.2 Å². The summed E-state index contributed by atoms with van der Waals surface area (Å²) in [7, 11) is 1.66. The number of H-pyrrole nitrogens is 1. The fourth-order valence-electron chi connectivity index (χ4n) is 2.65. The van der Waals surface area contributed by atoms with Crippen LogP contribution in [0, 0.1) is 5.92 Å². The van der Waals surface area contributed by atoms with Crippen molar-refractivity contribution in [1.82, 2.24) is 25.3 Å². The van der Waals surface area contributed by atoms with Crippen molar-refractivity contribution >= 4 is 28.8 Å². The van der Waals surface area contributed by atoms with Crippen LogP contribution in [0.2, 0.25) is 0 Å².